The van der Waals surface area contributed by atoms with Gasteiger partial charge in [-0.2, -0.15) is 0 Å². The van der Waals surface area contributed by atoms with Crippen molar-refractivity contribution in [2.24, 2.45) is 0 Å². The summed E-state index contributed by atoms with van der Waals surface area (Å²) in [5.74, 6) is 0.653. The van der Waals surface area contributed by atoms with E-state index in [0.29, 0.717) is 27.5 Å². The van der Waals surface area contributed by atoms with Gasteiger partial charge in [-0.05, 0) is 68.4 Å². The first-order valence-electron chi connectivity index (χ1n) is 9.02. The molecular formula is C20H27N3O3S. The molecular weight excluding hydrogens is 362 g/mol. The molecule has 0 amide bonds. The zero-order chi connectivity index (χ0) is 19.6. The molecule has 146 valence electrons. The summed E-state index contributed by atoms with van der Waals surface area (Å²) in [4.78, 5) is 4.92. The van der Waals surface area contributed by atoms with Crippen LogP contribution in [0.3, 0.4) is 0 Å². The molecule has 2 aromatic carbocycles. The summed E-state index contributed by atoms with van der Waals surface area (Å²) in [5, 5.41) is 0. The molecule has 0 radical (unpaired) electrons. The van der Waals surface area contributed by atoms with Crippen LogP contribution in [0, 0.1) is 13.8 Å². The zero-order valence-electron chi connectivity index (χ0n) is 16.3. The van der Waals surface area contributed by atoms with Crippen LogP contribution in [0.1, 0.15) is 11.1 Å². The number of likely N-dealkylation sites (N-methyl/N-ethyl adjacent to an activating group) is 1. The summed E-state index contributed by atoms with van der Waals surface area (Å²) < 4.78 is 33.7. The molecule has 1 saturated heterocycles. The number of nitrogens with one attached hydrogen (secondary N) is 1. The Kier molecular flexibility index (Phi) is 5.62. The Hall–Kier alpha value is -2.25. The van der Waals surface area contributed by atoms with Crippen LogP contribution in [0.15, 0.2) is 41.3 Å². The number of piperazine rings is 1. The largest absolute Gasteiger partial charge is 0.497 e. The van der Waals surface area contributed by atoms with Crippen molar-refractivity contribution in [3.05, 3.63) is 47.5 Å². The smallest absolute Gasteiger partial charge is 0.262 e. The van der Waals surface area contributed by atoms with Gasteiger partial charge in [0.15, 0.2) is 0 Å². The molecule has 2 aromatic rings. The Labute approximate surface area is 161 Å². The maximum absolute atomic E-state index is 12.9. The SMILES string of the molecule is COc1cc(C)c(S(=O)(=O)Nc2ccc(N3CCN(C)CC3)cc2)c(C)c1. The highest BCUT2D eigenvalue weighted by atomic mass is 32.2. The van der Waals surface area contributed by atoms with Crippen LogP contribution in [-0.4, -0.2) is 53.7 Å². The van der Waals surface area contributed by atoms with Crippen molar-refractivity contribution in [1.82, 2.24) is 4.90 Å². The number of nitrogens with zero attached hydrogens (tertiary/aromatic N) is 2. The predicted octanol–water partition coefficient (Wildman–Crippen LogP) is 2.86. The molecule has 0 bridgehead atoms. The van der Waals surface area contributed by atoms with E-state index in [1.54, 1.807) is 33.1 Å². The number of aryl methyl sites for hydroxylation is 2. The third kappa shape index (κ3) is 4.36. The number of hydrogen-bond acceptors (Lipinski definition) is 5. The fraction of sp³-hybridized carbons (Fsp3) is 0.400. The lowest BCUT2D eigenvalue weighted by atomic mass is 10.1. The van der Waals surface area contributed by atoms with Gasteiger partial charge in [0, 0.05) is 37.6 Å². The third-order valence-corrected chi connectivity index (χ3v) is 6.61. The Morgan fingerprint density at radius 1 is 0.963 bits per heavy atom. The molecule has 3 rings (SSSR count). The Morgan fingerprint density at radius 3 is 2.04 bits per heavy atom. The van der Waals surface area contributed by atoms with Crippen LogP contribution < -0.4 is 14.4 Å². The Morgan fingerprint density at radius 2 is 1.52 bits per heavy atom. The van der Waals surface area contributed by atoms with Crippen molar-refractivity contribution in [2.45, 2.75) is 18.7 Å². The van der Waals surface area contributed by atoms with E-state index < -0.39 is 10.0 Å². The lowest BCUT2D eigenvalue weighted by molar-refractivity contribution is 0.313. The van der Waals surface area contributed by atoms with Gasteiger partial charge in [-0.15, -0.1) is 0 Å². The number of rotatable bonds is 5. The molecule has 1 aliphatic rings. The Bertz CT molecular complexity index is 880. The molecule has 0 spiro atoms. The highest BCUT2D eigenvalue weighted by molar-refractivity contribution is 7.92. The van der Waals surface area contributed by atoms with E-state index in [0.717, 1.165) is 31.9 Å². The number of benzene rings is 2. The molecule has 0 aliphatic carbocycles. The first kappa shape index (κ1) is 19.5. The normalized spacial score (nSPS) is 15.6. The van der Waals surface area contributed by atoms with E-state index in [1.807, 2.05) is 24.3 Å². The maximum atomic E-state index is 12.9. The summed E-state index contributed by atoms with van der Waals surface area (Å²) in [5.41, 5.74) is 2.99. The average Bonchev–Trinajstić information content (AvgIpc) is 2.62. The van der Waals surface area contributed by atoms with Crippen molar-refractivity contribution >= 4 is 21.4 Å². The summed E-state index contributed by atoms with van der Waals surface area (Å²) >= 11 is 0. The quantitative estimate of drug-likeness (QED) is 0.852. The van der Waals surface area contributed by atoms with E-state index >= 15 is 0 Å². The number of anilines is 2. The molecule has 0 unspecified atom stereocenters. The summed E-state index contributed by atoms with van der Waals surface area (Å²) in [6.45, 7) is 7.58. The van der Waals surface area contributed by atoms with Crippen LogP contribution in [-0.2, 0) is 10.0 Å². The minimum Gasteiger partial charge on any atom is -0.497 e. The van der Waals surface area contributed by atoms with Crippen molar-refractivity contribution < 1.29 is 13.2 Å². The van der Waals surface area contributed by atoms with Crippen LogP contribution >= 0.6 is 0 Å². The van der Waals surface area contributed by atoms with Gasteiger partial charge < -0.3 is 14.5 Å². The molecule has 0 aromatic heterocycles. The van der Waals surface area contributed by atoms with E-state index in [9.17, 15) is 8.42 Å². The number of methoxy groups -OCH3 is 1. The third-order valence-electron chi connectivity index (χ3n) is 4.93. The molecule has 1 fully saturated rings. The van der Waals surface area contributed by atoms with Crippen molar-refractivity contribution in [3.8, 4) is 5.75 Å². The van der Waals surface area contributed by atoms with E-state index in [2.05, 4.69) is 21.6 Å². The highest BCUT2D eigenvalue weighted by Gasteiger charge is 2.21. The molecule has 1 heterocycles. The minimum absolute atomic E-state index is 0.298. The summed E-state index contributed by atoms with van der Waals surface area (Å²) in [6.07, 6.45) is 0. The van der Waals surface area contributed by atoms with Crippen LogP contribution in [0.25, 0.3) is 0 Å². The van der Waals surface area contributed by atoms with Gasteiger partial charge >= 0.3 is 0 Å². The average molecular weight is 390 g/mol. The van der Waals surface area contributed by atoms with Crippen molar-refractivity contribution in [2.75, 3.05) is 50.0 Å². The van der Waals surface area contributed by atoms with Gasteiger partial charge in [-0.25, -0.2) is 8.42 Å². The molecule has 6 nitrogen and oxygen atoms in total. The molecule has 0 saturated carbocycles. The predicted molar refractivity (Wildman–Crippen MR) is 109 cm³/mol. The molecule has 7 heteroatoms. The van der Waals surface area contributed by atoms with Gasteiger partial charge in [-0.3, -0.25) is 4.72 Å². The lowest BCUT2D eigenvalue weighted by Gasteiger charge is -2.34. The van der Waals surface area contributed by atoms with E-state index in [1.165, 1.54) is 0 Å². The fourth-order valence-electron chi connectivity index (χ4n) is 3.46. The number of ether oxygens (including phenoxy) is 1. The molecule has 1 N–H and O–H groups in total. The van der Waals surface area contributed by atoms with Crippen LogP contribution in [0.4, 0.5) is 11.4 Å². The van der Waals surface area contributed by atoms with E-state index in [4.69, 9.17) is 4.74 Å². The Balaban J connectivity index is 1.78. The van der Waals surface area contributed by atoms with Crippen LogP contribution in [0.2, 0.25) is 0 Å². The van der Waals surface area contributed by atoms with Gasteiger partial charge in [-0.1, -0.05) is 0 Å². The molecule has 0 atom stereocenters. The first-order chi connectivity index (χ1) is 12.8. The number of sulfonamides is 1. The second-order valence-corrected chi connectivity index (χ2v) is 8.65. The van der Waals surface area contributed by atoms with Crippen molar-refractivity contribution in [1.29, 1.82) is 0 Å². The van der Waals surface area contributed by atoms with Gasteiger partial charge in [0.1, 0.15) is 5.75 Å². The first-order valence-corrected chi connectivity index (χ1v) is 10.5. The summed E-state index contributed by atoms with van der Waals surface area (Å²) in [7, 11) is 0.0249. The molecule has 1 aliphatic heterocycles. The van der Waals surface area contributed by atoms with Gasteiger partial charge in [0.25, 0.3) is 10.0 Å². The van der Waals surface area contributed by atoms with E-state index in [-0.39, 0.29) is 0 Å². The van der Waals surface area contributed by atoms with Crippen LogP contribution in [0.5, 0.6) is 5.75 Å². The van der Waals surface area contributed by atoms with Gasteiger partial charge in [0.05, 0.1) is 12.0 Å². The standard InChI is InChI=1S/C20H27N3O3S/c1-15-13-19(26-4)14-16(2)20(15)27(24,25)21-17-5-7-18(8-6-17)23-11-9-22(3)10-12-23/h5-8,13-14,21H,9-12H2,1-4H3. The summed E-state index contributed by atoms with van der Waals surface area (Å²) in [6, 6.07) is 11.0. The number of hydrogen-bond donors (Lipinski definition) is 1. The molecule has 27 heavy (non-hydrogen) atoms. The monoisotopic (exact) mass is 389 g/mol. The minimum atomic E-state index is -3.67. The topological polar surface area (TPSA) is 61.9 Å². The zero-order valence-corrected chi connectivity index (χ0v) is 17.1. The maximum Gasteiger partial charge on any atom is 0.262 e. The fourth-order valence-corrected chi connectivity index (χ4v) is 4.98. The van der Waals surface area contributed by atoms with Gasteiger partial charge in [0.2, 0.25) is 0 Å². The second-order valence-electron chi connectivity index (χ2n) is 7.03. The lowest BCUT2D eigenvalue weighted by Crippen LogP contribution is -2.44. The second kappa shape index (κ2) is 7.78. The highest BCUT2D eigenvalue weighted by Crippen LogP contribution is 2.28. The van der Waals surface area contributed by atoms with Crippen molar-refractivity contribution in [3.63, 3.8) is 0 Å².